The lowest BCUT2D eigenvalue weighted by Crippen LogP contribution is -1.95. The molecule has 0 radical (unpaired) electrons. The Hall–Kier alpha value is -0.700. The summed E-state index contributed by atoms with van der Waals surface area (Å²) in [6, 6.07) is 3.60. The molecule has 0 saturated heterocycles. The second kappa shape index (κ2) is 4.23. The van der Waals surface area contributed by atoms with E-state index in [1.54, 1.807) is 6.07 Å². The zero-order chi connectivity index (χ0) is 8.10. The molecular weight excluding hydrogens is 163 g/mol. The minimum absolute atomic E-state index is 0.0534. The van der Waals surface area contributed by atoms with Gasteiger partial charge in [-0.1, -0.05) is 6.07 Å². The third kappa shape index (κ3) is 2.42. The average Bonchev–Trinajstić information content (AvgIpc) is 2.52. The standard InChI is InChI=1S/C8H9FOS/c9-5-1-3-7(10)8-4-2-6-11-8/h2,4,6H,1,3,5H2. The van der Waals surface area contributed by atoms with E-state index in [0.717, 1.165) is 4.88 Å². The van der Waals surface area contributed by atoms with E-state index in [2.05, 4.69) is 0 Å². The fourth-order valence-electron chi connectivity index (χ4n) is 0.788. The number of rotatable bonds is 4. The fraction of sp³-hybridized carbons (Fsp3) is 0.375. The highest BCUT2D eigenvalue weighted by Crippen LogP contribution is 2.11. The Balaban J connectivity index is 2.43. The van der Waals surface area contributed by atoms with Crippen molar-refractivity contribution < 1.29 is 9.18 Å². The van der Waals surface area contributed by atoms with Crippen molar-refractivity contribution in [3.05, 3.63) is 22.4 Å². The third-order valence-corrected chi connectivity index (χ3v) is 2.24. The van der Waals surface area contributed by atoms with E-state index in [0.29, 0.717) is 12.8 Å². The van der Waals surface area contributed by atoms with Gasteiger partial charge in [-0.2, -0.15) is 0 Å². The van der Waals surface area contributed by atoms with Gasteiger partial charge < -0.3 is 0 Å². The van der Waals surface area contributed by atoms with Gasteiger partial charge in [0, 0.05) is 6.42 Å². The van der Waals surface area contributed by atoms with Crippen LogP contribution in [0.1, 0.15) is 22.5 Å². The van der Waals surface area contributed by atoms with Crippen molar-refractivity contribution in [2.24, 2.45) is 0 Å². The van der Waals surface area contributed by atoms with E-state index in [1.807, 2.05) is 11.4 Å². The lowest BCUT2D eigenvalue weighted by molar-refractivity contribution is 0.0981. The number of carbonyl (C=O) groups is 1. The Morgan fingerprint density at radius 2 is 2.45 bits per heavy atom. The van der Waals surface area contributed by atoms with Gasteiger partial charge in [0.1, 0.15) is 0 Å². The Kier molecular flexibility index (Phi) is 3.23. The molecule has 60 valence electrons. The SMILES string of the molecule is O=C(CCCF)c1cccs1. The van der Waals surface area contributed by atoms with Gasteiger partial charge in [0.05, 0.1) is 11.6 Å². The largest absolute Gasteiger partial charge is 0.293 e. The van der Waals surface area contributed by atoms with E-state index in [9.17, 15) is 9.18 Å². The predicted octanol–water partition coefficient (Wildman–Crippen LogP) is 2.68. The summed E-state index contributed by atoms with van der Waals surface area (Å²) in [6.45, 7) is -0.406. The molecule has 0 atom stereocenters. The van der Waals surface area contributed by atoms with Crippen molar-refractivity contribution in [3.8, 4) is 0 Å². The minimum atomic E-state index is -0.406. The number of thiophene rings is 1. The van der Waals surface area contributed by atoms with Crippen LogP contribution in [0.5, 0.6) is 0 Å². The molecule has 11 heavy (non-hydrogen) atoms. The molecule has 0 fully saturated rings. The topological polar surface area (TPSA) is 17.1 Å². The molecule has 0 aliphatic carbocycles. The van der Waals surface area contributed by atoms with Gasteiger partial charge in [-0.3, -0.25) is 9.18 Å². The van der Waals surface area contributed by atoms with Crippen LogP contribution in [0.25, 0.3) is 0 Å². The van der Waals surface area contributed by atoms with Crippen LogP contribution in [0.15, 0.2) is 17.5 Å². The van der Waals surface area contributed by atoms with Gasteiger partial charge in [-0.05, 0) is 17.9 Å². The van der Waals surface area contributed by atoms with Crippen LogP contribution < -0.4 is 0 Å². The molecule has 1 aromatic heterocycles. The highest BCUT2D eigenvalue weighted by atomic mass is 32.1. The molecule has 0 aliphatic rings. The third-order valence-electron chi connectivity index (χ3n) is 1.33. The average molecular weight is 172 g/mol. The first kappa shape index (κ1) is 8.40. The summed E-state index contributed by atoms with van der Waals surface area (Å²) >= 11 is 1.41. The van der Waals surface area contributed by atoms with Crippen molar-refractivity contribution >= 4 is 17.1 Å². The van der Waals surface area contributed by atoms with Crippen LogP contribution in [-0.2, 0) is 0 Å². The van der Waals surface area contributed by atoms with E-state index in [4.69, 9.17) is 0 Å². The first-order valence-corrected chi connectivity index (χ1v) is 4.35. The van der Waals surface area contributed by atoms with Crippen LogP contribution in [0.3, 0.4) is 0 Å². The summed E-state index contributed by atoms with van der Waals surface area (Å²) in [5, 5.41) is 1.85. The molecule has 0 unspecified atom stereocenters. The minimum Gasteiger partial charge on any atom is -0.293 e. The number of alkyl halides is 1. The van der Waals surface area contributed by atoms with Crippen LogP contribution >= 0.6 is 11.3 Å². The van der Waals surface area contributed by atoms with Crippen LogP contribution in [0.2, 0.25) is 0 Å². The molecule has 0 N–H and O–H groups in total. The van der Waals surface area contributed by atoms with E-state index in [1.165, 1.54) is 11.3 Å². The number of hydrogen-bond acceptors (Lipinski definition) is 2. The maximum atomic E-state index is 11.6. The molecule has 0 aromatic carbocycles. The summed E-state index contributed by atoms with van der Waals surface area (Å²) in [5.41, 5.74) is 0. The zero-order valence-corrected chi connectivity index (χ0v) is 6.86. The van der Waals surface area contributed by atoms with Crippen LogP contribution in [0, 0.1) is 0 Å². The fourth-order valence-corrected chi connectivity index (χ4v) is 1.48. The summed E-state index contributed by atoms with van der Waals surface area (Å²) in [4.78, 5) is 11.8. The van der Waals surface area contributed by atoms with Gasteiger partial charge in [0.2, 0.25) is 0 Å². The zero-order valence-electron chi connectivity index (χ0n) is 6.05. The molecule has 0 amide bonds. The molecule has 1 aromatic rings. The van der Waals surface area contributed by atoms with Crippen molar-refractivity contribution in [2.45, 2.75) is 12.8 Å². The van der Waals surface area contributed by atoms with Gasteiger partial charge in [-0.15, -0.1) is 11.3 Å². The molecule has 0 spiro atoms. The Labute approximate surface area is 68.9 Å². The van der Waals surface area contributed by atoms with Gasteiger partial charge in [0.25, 0.3) is 0 Å². The highest BCUT2D eigenvalue weighted by Gasteiger charge is 2.04. The Bertz CT molecular complexity index is 218. The molecular formula is C8H9FOS. The normalized spacial score (nSPS) is 9.91. The number of hydrogen-bond donors (Lipinski definition) is 0. The van der Waals surface area contributed by atoms with E-state index in [-0.39, 0.29) is 5.78 Å². The summed E-state index contributed by atoms with van der Waals surface area (Å²) in [5.74, 6) is 0.0534. The number of carbonyl (C=O) groups excluding carboxylic acids is 1. The molecule has 3 heteroatoms. The maximum absolute atomic E-state index is 11.6. The summed E-state index contributed by atoms with van der Waals surface area (Å²) in [6.07, 6.45) is 0.674. The smallest absolute Gasteiger partial charge is 0.172 e. The molecule has 0 bridgehead atoms. The van der Waals surface area contributed by atoms with Gasteiger partial charge >= 0.3 is 0 Å². The number of halogens is 1. The first-order valence-electron chi connectivity index (χ1n) is 3.47. The maximum Gasteiger partial charge on any atom is 0.172 e. The highest BCUT2D eigenvalue weighted by molar-refractivity contribution is 7.12. The monoisotopic (exact) mass is 172 g/mol. The molecule has 0 saturated carbocycles. The van der Waals surface area contributed by atoms with Crippen molar-refractivity contribution in [2.75, 3.05) is 6.67 Å². The van der Waals surface area contributed by atoms with Crippen LogP contribution in [0.4, 0.5) is 4.39 Å². The van der Waals surface area contributed by atoms with Crippen molar-refractivity contribution in [1.29, 1.82) is 0 Å². The second-order valence-electron chi connectivity index (χ2n) is 2.19. The summed E-state index contributed by atoms with van der Waals surface area (Å²) in [7, 11) is 0. The Morgan fingerprint density at radius 1 is 1.64 bits per heavy atom. The van der Waals surface area contributed by atoms with E-state index >= 15 is 0 Å². The Morgan fingerprint density at radius 3 is 3.00 bits per heavy atom. The molecule has 1 nitrogen and oxygen atoms in total. The lowest BCUT2D eigenvalue weighted by Gasteiger charge is -1.92. The van der Waals surface area contributed by atoms with Gasteiger partial charge in [-0.25, -0.2) is 0 Å². The van der Waals surface area contributed by atoms with Crippen LogP contribution in [-0.4, -0.2) is 12.5 Å². The first-order chi connectivity index (χ1) is 5.34. The van der Waals surface area contributed by atoms with Gasteiger partial charge in [0.15, 0.2) is 5.78 Å². The molecule has 0 aliphatic heterocycles. The quantitative estimate of drug-likeness (QED) is 0.638. The predicted molar refractivity (Wildman–Crippen MR) is 43.9 cm³/mol. The molecule has 1 heterocycles. The lowest BCUT2D eigenvalue weighted by atomic mass is 10.2. The molecule has 1 rings (SSSR count). The van der Waals surface area contributed by atoms with Crippen molar-refractivity contribution in [1.82, 2.24) is 0 Å². The number of Topliss-reactive ketones (excluding diaryl/α,β-unsaturated/α-hetero) is 1. The number of ketones is 1. The van der Waals surface area contributed by atoms with Crippen molar-refractivity contribution in [3.63, 3.8) is 0 Å². The van der Waals surface area contributed by atoms with E-state index < -0.39 is 6.67 Å². The second-order valence-corrected chi connectivity index (χ2v) is 3.14. The summed E-state index contributed by atoms with van der Waals surface area (Å²) < 4.78 is 11.6.